The molecule has 0 radical (unpaired) electrons. The maximum absolute atomic E-state index is 6.08. The molecular formula is C18H25N3O. The van der Waals surface area contributed by atoms with E-state index in [-0.39, 0.29) is 0 Å². The molecule has 4 nitrogen and oxygen atoms in total. The molecule has 118 valence electrons. The molecule has 0 unspecified atom stereocenters. The van der Waals surface area contributed by atoms with Gasteiger partial charge in [-0.15, -0.1) is 0 Å². The predicted molar refractivity (Wildman–Crippen MR) is 88.2 cm³/mol. The van der Waals surface area contributed by atoms with Crippen LogP contribution >= 0.6 is 0 Å². The van der Waals surface area contributed by atoms with Gasteiger partial charge >= 0.3 is 0 Å². The number of rotatable bonds is 5. The first-order valence-electron chi connectivity index (χ1n) is 8.15. The Balaban J connectivity index is 1.41. The lowest BCUT2D eigenvalue weighted by atomic mass is 10.1. The molecule has 0 atom stereocenters. The molecule has 1 saturated heterocycles. The number of aryl methyl sites for hydroxylation is 2. The zero-order valence-electron chi connectivity index (χ0n) is 13.5. The van der Waals surface area contributed by atoms with Crippen LogP contribution in [0.1, 0.15) is 24.1 Å². The third-order valence-corrected chi connectivity index (χ3v) is 4.28. The average Bonchev–Trinajstić information content (AvgIpc) is 2.94. The van der Waals surface area contributed by atoms with Gasteiger partial charge in [-0.3, -0.25) is 4.68 Å². The van der Waals surface area contributed by atoms with Crippen molar-refractivity contribution in [2.75, 3.05) is 19.6 Å². The van der Waals surface area contributed by atoms with E-state index in [1.807, 2.05) is 11.6 Å². The van der Waals surface area contributed by atoms with Crippen molar-refractivity contribution in [2.24, 2.45) is 0 Å². The summed E-state index contributed by atoms with van der Waals surface area (Å²) >= 11 is 0. The summed E-state index contributed by atoms with van der Waals surface area (Å²) in [4.78, 5) is 2.51. The van der Waals surface area contributed by atoms with E-state index in [0.29, 0.717) is 6.10 Å². The number of likely N-dealkylation sites (tertiary alicyclic amines) is 1. The Hall–Kier alpha value is -1.81. The maximum atomic E-state index is 6.08. The average molecular weight is 299 g/mol. The first kappa shape index (κ1) is 15.1. The minimum absolute atomic E-state index is 0.353. The minimum atomic E-state index is 0.353. The highest BCUT2D eigenvalue weighted by Gasteiger charge is 2.20. The highest BCUT2D eigenvalue weighted by Crippen LogP contribution is 2.19. The lowest BCUT2D eigenvalue weighted by molar-refractivity contribution is 0.0980. The van der Waals surface area contributed by atoms with Crippen LogP contribution in [0.3, 0.4) is 0 Å². The molecule has 22 heavy (non-hydrogen) atoms. The second kappa shape index (κ2) is 6.97. The molecule has 1 fully saturated rings. The van der Waals surface area contributed by atoms with E-state index in [4.69, 9.17) is 4.74 Å². The van der Waals surface area contributed by atoms with Crippen molar-refractivity contribution in [3.8, 4) is 5.75 Å². The third-order valence-electron chi connectivity index (χ3n) is 4.28. The monoisotopic (exact) mass is 299 g/mol. The van der Waals surface area contributed by atoms with Crippen LogP contribution in [0.4, 0.5) is 0 Å². The van der Waals surface area contributed by atoms with Gasteiger partial charge in [-0.2, -0.15) is 5.10 Å². The smallest absolute Gasteiger partial charge is 0.119 e. The molecule has 0 aliphatic carbocycles. The quantitative estimate of drug-likeness (QED) is 0.850. The molecule has 0 amide bonds. The summed E-state index contributed by atoms with van der Waals surface area (Å²) in [5.74, 6) is 0.996. The van der Waals surface area contributed by atoms with Crippen molar-refractivity contribution in [3.05, 3.63) is 47.8 Å². The van der Waals surface area contributed by atoms with Crippen LogP contribution in [-0.4, -0.2) is 40.4 Å². The van der Waals surface area contributed by atoms with Crippen LogP contribution in [0.25, 0.3) is 0 Å². The summed E-state index contributed by atoms with van der Waals surface area (Å²) < 4.78 is 8.11. The van der Waals surface area contributed by atoms with E-state index in [0.717, 1.165) is 50.5 Å². The summed E-state index contributed by atoms with van der Waals surface area (Å²) in [6.45, 7) is 8.39. The fourth-order valence-electron chi connectivity index (χ4n) is 2.89. The summed E-state index contributed by atoms with van der Waals surface area (Å²) in [7, 11) is 0. The number of nitrogens with zero attached hydrogens (tertiary/aromatic N) is 3. The molecule has 4 heteroatoms. The van der Waals surface area contributed by atoms with E-state index < -0.39 is 0 Å². The molecule has 0 bridgehead atoms. The molecule has 0 N–H and O–H groups in total. The number of hydrogen-bond donors (Lipinski definition) is 0. The standard InChI is InChI=1S/C18H25N3O/c1-15-3-5-17(6-4-15)22-18-8-10-20(11-9-18)13-14-21-12-7-16(2)19-21/h3-7,12,18H,8-11,13-14H2,1-2H3. The SMILES string of the molecule is Cc1ccc(OC2CCN(CCn3ccc(C)n3)CC2)cc1. The second-order valence-electron chi connectivity index (χ2n) is 6.19. The van der Waals surface area contributed by atoms with Crippen molar-refractivity contribution >= 4 is 0 Å². The lowest BCUT2D eigenvalue weighted by Crippen LogP contribution is -2.39. The van der Waals surface area contributed by atoms with Gasteiger partial charge in [-0.25, -0.2) is 0 Å². The molecule has 3 rings (SSSR count). The van der Waals surface area contributed by atoms with Crippen LogP contribution in [0, 0.1) is 13.8 Å². The fourth-order valence-corrected chi connectivity index (χ4v) is 2.89. The molecule has 2 aromatic rings. The molecule has 0 spiro atoms. The van der Waals surface area contributed by atoms with Crippen LogP contribution in [-0.2, 0) is 6.54 Å². The van der Waals surface area contributed by atoms with E-state index in [9.17, 15) is 0 Å². The number of aromatic nitrogens is 2. The van der Waals surface area contributed by atoms with Gasteiger partial charge in [-0.1, -0.05) is 17.7 Å². The Morgan fingerprint density at radius 1 is 1.05 bits per heavy atom. The summed E-state index contributed by atoms with van der Waals surface area (Å²) in [5, 5.41) is 4.44. The normalized spacial score (nSPS) is 16.8. The van der Waals surface area contributed by atoms with Crippen LogP contribution in [0.2, 0.25) is 0 Å². The summed E-state index contributed by atoms with van der Waals surface area (Å²) in [5.41, 5.74) is 2.36. The van der Waals surface area contributed by atoms with Crippen molar-refractivity contribution < 1.29 is 4.74 Å². The molecule has 0 saturated carbocycles. The highest BCUT2D eigenvalue weighted by molar-refractivity contribution is 5.26. The minimum Gasteiger partial charge on any atom is -0.490 e. The van der Waals surface area contributed by atoms with Crippen molar-refractivity contribution in [1.29, 1.82) is 0 Å². The molecular weight excluding hydrogens is 274 g/mol. The molecule has 2 heterocycles. The van der Waals surface area contributed by atoms with Gasteiger partial charge in [0.1, 0.15) is 11.9 Å². The lowest BCUT2D eigenvalue weighted by Gasteiger charge is -2.32. The summed E-state index contributed by atoms with van der Waals surface area (Å²) in [6.07, 6.45) is 4.62. The Bertz CT molecular complexity index is 583. The highest BCUT2D eigenvalue weighted by atomic mass is 16.5. The van der Waals surface area contributed by atoms with Crippen molar-refractivity contribution in [1.82, 2.24) is 14.7 Å². The molecule has 1 aliphatic rings. The summed E-state index contributed by atoms with van der Waals surface area (Å²) in [6, 6.07) is 10.4. The molecule has 1 aromatic carbocycles. The maximum Gasteiger partial charge on any atom is 0.119 e. The van der Waals surface area contributed by atoms with E-state index >= 15 is 0 Å². The first-order chi connectivity index (χ1) is 10.7. The third kappa shape index (κ3) is 4.10. The number of piperidine rings is 1. The van der Waals surface area contributed by atoms with Crippen molar-refractivity contribution in [3.63, 3.8) is 0 Å². The van der Waals surface area contributed by atoms with Gasteiger partial charge < -0.3 is 9.64 Å². The largest absolute Gasteiger partial charge is 0.490 e. The van der Waals surface area contributed by atoms with Crippen LogP contribution in [0.15, 0.2) is 36.5 Å². The Morgan fingerprint density at radius 3 is 2.41 bits per heavy atom. The van der Waals surface area contributed by atoms with Gasteiger partial charge in [0.15, 0.2) is 0 Å². The van der Waals surface area contributed by atoms with E-state index in [1.54, 1.807) is 0 Å². The van der Waals surface area contributed by atoms with E-state index in [1.165, 1.54) is 5.56 Å². The zero-order chi connectivity index (χ0) is 15.4. The number of hydrogen-bond acceptors (Lipinski definition) is 3. The topological polar surface area (TPSA) is 30.3 Å². The zero-order valence-corrected chi connectivity index (χ0v) is 13.5. The Kier molecular flexibility index (Phi) is 4.78. The molecule has 1 aliphatic heterocycles. The first-order valence-corrected chi connectivity index (χ1v) is 8.15. The van der Waals surface area contributed by atoms with Gasteiger partial charge in [0.25, 0.3) is 0 Å². The van der Waals surface area contributed by atoms with Gasteiger partial charge in [0.05, 0.1) is 12.2 Å². The van der Waals surface area contributed by atoms with Gasteiger partial charge in [0, 0.05) is 25.8 Å². The fraction of sp³-hybridized carbons (Fsp3) is 0.500. The van der Waals surface area contributed by atoms with Crippen molar-refractivity contribution in [2.45, 2.75) is 39.3 Å². The predicted octanol–water partition coefficient (Wildman–Crippen LogP) is 3.04. The van der Waals surface area contributed by atoms with Crippen LogP contribution in [0.5, 0.6) is 5.75 Å². The second-order valence-corrected chi connectivity index (χ2v) is 6.19. The van der Waals surface area contributed by atoms with Gasteiger partial charge in [0.2, 0.25) is 0 Å². The van der Waals surface area contributed by atoms with Gasteiger partial charge in [-0.05, 0) is 44.9 Å². The number of ether oxygens (including phenoxy) is 1. The van der Waals surface area contributed by atoms with Crippen LogP contribution < -0.4 is 4.74 Å². The number of benzene rings is 1. The van der Waals surface area contributed by atoms with E-state index in [2.05, 4.69) is 53.5 Å². The molecule has 1 aromatic heterocycles. The Labute approximate surface area is 132 Å². The Morgan fingerprint density at radius 2 is 1.77 bits per heavy atom.